The number of rotatable bonds is 7. The van der Waals surface area contributed by atoms with Crippen LogP contribution in [0, 0.1) is 0 Å². The minimum absolute atomic E-state index is 0. The zero-order valence-corrected chi connectivity index (χ0v) is 24.2. The summed E-state index contributed by atoms with van der Waals surface area (Å²) in [5, 5.41) is 14.8. The maximum atomic E-state index is 13.0. The topological polar surface area (TPSA) is 145 Å². The maximum Gasteiger partial charge on any atom is 1.00 e. The first-order valence-electron chi connectivity index (χ1n) is 11.2. The number of carboxylic acid groups (broad SMARTS) is 1. The third kappa shape index (κ3) is 5.76. The minimum Gasteiger partial charge on any atom is -0.543 e. The van der Waals surface area contributed by atoms with Gasteiger partial charge in [-0.25, -0.2) is 0 Å². The molecule has 0 bridgehead atoms. The molecule has 2 atom stereocenters. The summed E-state index contributed by atoms with van der Waals surface area (Å²) in [5.41, 5.74) is -0.310. The molecular weight excluding hydrogens is 539 g/mol. The summed E-state index contributed by atoms with van der Waals surface area (Å²) < 4.78 is 3.30. The fraction of sp³-hybridized carbons (Fsp3) is 0.250. The zero-order chi connectivity index (χ0) is 26.1. The molecule has 1 aromatic carbocycles. The average Bonchev–Trinajstić information content (AvgIpc) is 2.89. The van der Waals surface area contributed by atoms with Gasteiger partial charge in [-0.15, -0.1) is 11.8 Å². The Bertz CT molecular complexity index is 1580. The third-order valence-corrected chi connectivity index (χ3v) is 8.35. The summed E-state index contributed by atoms with van der Waals surface area (Å²) in [5.74, 6) is -1.35. The van der Waals surface area contributed by atoms with Crippen LogP contribution >= 0.6 is 23.5 Å². The summed E-state index contributed by atoms with van der Waals surface area (Å²) in [7, 11) is 1.52. The van der Waals surface area contributed by atoms with E-state index >= 15 is 0 Å². The number of aryl methyl sites for hydroxylation is 1. The molecule has 2 aromatic heterocycles. The molecule has 1 saturated heterocycles. The number of nitrogens with one attached hydrogen (secondary N) is 1. The van der Waals surface area contributed by atoms with E-state index in [1.807, 2.05) is 59.4 Å². The van der Waals surface area contributed by atoms with Crippen LogP contribution < -0.4 is 51.1 Å². The van der Waals surface area contributed by atoms with Gasteiger partial charge in [0.25, 0.3) is 5.91 Å². The number of hydrogen-bond donors (Lipinski definition) is 1. The summed E-state index contributed by atoms with van der Waals surface area (Å²) in [6.45, 7) is 0.707. The van der Waals surface area contributed by atoms with Crippen molar-refractivity contribution in [1.29, 1.82) is 0 Å². The molecule has 0 radical (unpaired) electrons. The van der Waals surface area contributed by atoms with Crippen LogP contribution in [0.2, 0.25) is 0 Å². The number of thioether (sulfide) groups is 2. The van der Waals surface area contributed by atoms with Crippen LogP contribution in [-0.2, 0) is 23.2 Å². The Morgan fingerprint density at radius 2 is 1.89 bits per heavy atom. The van der Waals surface area contributed by atoms with E-state index in [-0.39, 0.29) is 46.2 Å². The van der Waals surface area contributed by atoms with Crippen molar-refractivity contribution in [3.05, 3.63) is 97.8 Å². The molecule has 5 rings (SSSR count). The van der Waals surface area contributed by atoms with Gasteiger partial charge in [-0.1, -0.05) is 42.1 Å². The number of aromatic amines is 1. The van der Waals surface area contributed by atoms with E-state index in [0.717, 1.165) is 17.3 Å². The molecule has 0 aliphatic carbocycles. The van der Waals surface area contributed by atoms with Crippen LogP contribution in [0.1, 0.15) is 5.56 Å². The summed E-state index contributed by atoms with van der Waals surface area (Å²) in [6.07, 6.45) is 3.78. The molecule has 0 spiro atoms. The fourth-order valence-electron chi connectivity index (χ4n) is 4.09. The number of amides is 1. The monoisotopic (exact) mass is 560 g/mol. The first-order chi connectivity index (χ1) is 17.8. The number of pyridine rings is 1. The molecule has 0 saturated carbocycles. The van der Waals surface area contributed by atoms with Gasteiger partial charge in [-0.2, -0.15) is 4.98 Å². The molecule has 1 N–H and O–H groups in total. The Hall–Kier alpha value is -2.84. The Kier molecular flexibility index (Phi) is 8.83. The van der Waals surface area contributed by atoms with E-state index in [9.17, 15) is 24.3 Å². The third-order valence-electron chi connectivity index (χ3n) is 5.91. The molecule has 1 fully saturated rings. The second-order valence-electron chi connectivity index (χ2n) is 8.43. The number of carbonyl (C=O) groups excluding carboxylic acids is 2. The van der Waals surface area contributed by atoms with Crippen molar-refractivity contribution in [2.45, 2.75) is 23.1 Å². The number of carbonyl (C=O) groups is 2. The van der Waals surface area contributed by atoms with Gasteiger partial charge in [-0.05, 0) is 23.3 Å². The molecule has 3 aromatic rings. The van der Waals surface area contributed by atoms with Gasteiger partial charge < -0.3 is 14.5 Å². The largest absolute Gasteiger partial charge is 1.00 e. The van der Waals surface area contributed by atoms with E-state index in [1.54, 1.807) is 0 Å². The van der Waals surface area contributed by atoms with Gasteiger partial charge in [0.15, 0.2) is 11.2 Å². The van der Waals surface area contributed by atoms with E-state index in [4.69, 9.17) is 0 Å². The molecule has 2 aliphatic rings. The van der Waals surface area contributed by atoms with Crippen molar-refractivity contribution in [2.75, 3.05) is 11.5 Å². The SMILES string of the molecule is Cn1[nH]c(=O)c(=O)nc1SCC1=C(C(=O)[O-])N2C(=O)C(N=c3ccn(Cc4ccccc4)cc3)C2SC1.[Na+]. The van der Waals surface area contributed by atoms with Gasteiger partial charge in [0.1, 0.15) is 5.37 Å². The van der Waals surface area contributed by atoms with E-state index < -0.39 is 34.4 Å². The van der Waals surface area contributed by atoms with Crippen molar-refractivity contribution in [2.24, 2.45) is 12.0 Å². The number of aromatic nitrogens is 4. The predicted octanol–water partition coefficient (Wildman–Crippen LogP) is -3.70. The number of H-pyrrole nitrogens is 1. The standard InChI is InChI=1S/C24H22N6O5S2.Na/c1-28-24(26-19(31)20(32)27-28)37-13-15-12-36-22-17(21(33)30(22)18(15)23(34)35)25-16-7-9-29(10-8-16)11-14-5-3-2-4-6-14;/h2-10,17,22H,11-13H2,1H3,(H,27,32)(H,34,35);/q;+1/p-1. The molecule has 38 heavy (non-hydrogen) atoms. The Morgan fingerprint density at radius 1 is 1.18 bits per heavy atom. The van der Waals surface area contributed by atoms with Gasteiger partial charge in [0, 0.05) is 37.5 Å². The van der Waals surface area contributed by atoms with Crippen LogP contribution in [0.15, 0.2) is 85.9 Å². The maximum absolute atomic E-state index is 13.0. The van der Waals surface area contributed by atoms with Crippen molar-refractivity contribution in [3.8, 4) is 0 Å². The van der Waals surface area contributed by atoms with Gasteiger partial charge in [0.2, 0.25) is 0 Å². The molecule has 1 amide bonds. The zero-order valence-electron chi connectivity index (χ0n) is 20.6. The molecule has 4 heterocycles. The van der Waals surface area contributed by atoms with E-state index in [2.05, 4.69) is 15.1 Å². The number of nitrogens with zero attached hydrogens (tertiary/aromatic N) is 5. The normalized spacial score (nSPS) is 18.3. The molecule has 2 aliphatic heterocycles. The van der Waals surface area contributed by atoms with Crippen molar-refractivity contribution in [3.63, 3.8) is 0 Å². The number of hydrogen-bond acceptors (Lipinski definition) is 9. The summed E-state index contributed by atoms with van der Waals surface area (Å²) >= 11 is 2.51. The molecule has 2 unspecified atom stereocenters. The fourth-order valence-corrected chi connectivity index (χ4v) is 6.47. The smallest absolute Gasteiger partial charge is 0.543 e. The number of fused-ring (bicyclic) bond motifs is 1. The summed E-state index contributed by atoms with van der Waals surface area (Å²) in [4.78, 5) is 57.5. The van der Waals surface area contributed by atoms with Gasteiger partial charge in [0.05, 0.1) is 17.0 Å². The van der Waals surface area contributed by atoms with Crippen LogP contribution in [0.5, 0.6) is 0 Å². The number of carboxylic acids is 1. The van der Waals surface area contributed by atoms with Gasteiger partial charge >= 0.3 is 40.7 Å². The van der Waals surface area contributed by atoms with E-state index in [0.29, 0.717) is 23.2 Å². The van der Waals surface area contributed by atoms with Crippen molar-refractivity contribution in [1.82, 2.24) is 24.2 Å². The molecule has 190 valence electrons. The summed E-state index contributed by atoms with van der Waals surface area (Å²) in [6, 6.07) is 13.0. The van der Waals surface area contributed by atoms with Crippen molar-refractivity contribution >= 4 is 35.4 Å². The number of benzene rings is 1. The van der Waals surface area contributed by atoms with Gasteiger partial charge in [-0.3, -0.25) is 34.1 Å². The first-order valence-corrected chi connectivity index (χ1v) is 13.3. The second kappa shape index (κ2) is 11.9. The quantitative estimate of drug-likeness (QED) is 0.135. The van der Waals surface area contributed by atoms with Crippen LogP contribution in [0.4, 0.5) is 0 Å². The average molecular weight is 561 g/mol. The number of β-lactam (4-membered cyclic amide) rings is 1. The molecular formula is C24H21N6NaO5S2. The Morgan fingerprint density at radius 3 is 2.58 bits per heavy atom. The van der Waals surface area contributed by atoms with Crippen LogP contribution in [-0.4, -0.2) is 59.0 Å². The Balaban J connectivity index is 0.00000336. The minimum atomic E-state index is -1.45. The Labute approximate surface area is 247 Å². The van der Waals surface area contributed by atoms with Crippen LogP contribution in [0.25, 0.3) is 0 Å². The van der Waals surface area contributed by atoms with Crippen LogP contribution in [0.3, 0.4) is 0 Å². The molecule has 14 heteroatoms. The molecule has 11 nitrogen and oxygen atoms in total. The predicted molar refractivity (Wildman–Crippen MR) is 135 cm³/mol. The second-order valence-corrected chi connectivity index (χ2v) is 10.5. The van der Waals surface area contributed by atoms with E-state index in [1.165, 1.54) is 28.4 Å². The van der Waals surface area contributed by atoms with Crippen molar-refractivity contribution < 1.29 is 44.3 Å². The first kappa shape index (κ1) is 28.2. The number of aliphatic carboxylic acids is 1.